The molecular formula is C15H10Cl2N4O4S. The van der Waals surface area contributed by atoms with Gasteiger partial charge in [-0.15, -0.1) is 0 Å². The zero-order valence-corrected chi connectivity index (χ0v) is 15.3. The predicted molar refractivity (Wildman–Crippen MR) is 99.4 cm³/mol. The maximum Gasteiger partial charge on any atom is 0.394 e. The van der Waals surface area contributed by atoms with Gasteiger partial charge in [-0.05, 0) is 25.1 Å². The van der Waals surface area contributed by atoms with Crippen LogP contribution >= 0.6 is 34.5 Å². The van der Waals surface area contributed by atoms with E-state index in [-0.39, 0.29) is 15.7 Å². The maximum absolute atomic E-state index is 12.3. The van der Waals surface area contributed by atoms with Gasteiger partial charge in [-0.25, -0.2) is 9.78 Å². The van der Waals surface area contributed by atoms with Crippen molar-refractivity contribution >= 4 is 73.4 Å². The van der Waals surface area contributed by atoms with Crippen molar-refractivity contribution in [3.63, 3.8) is 0 Å². The molecule has 8 nitrogen and oxygen atoms in total. The number of aryl methyl sites for hydroxylation is 1. The molecular weight excluding hydrogens is 403 g/mol. The van der Waals surface area contributed by atoms with Crippen LogP contribution in [0.2, 0.25) is 10.0 Å². The molecule has 134 valence electrons. The lowest BCUT2D eigenvalue weighted by Gasteiger charge is -2.00. The zero-order chi connectivity index (χ0) is 19.0. The van der Waals surface area contributed by atoms with Gasteiger partial charge in [0, 0.05) is 11.4 Å². The summed E-state index contributed by atoms with van der Waals surface area (Å²) in [6.45, 7) is 1.69. The Morgan fingerprint density at radius 1 is 1.19 bits per heavy atom. The van der Waals surface area contributed by atoms with Gasteiger partial charge in [-0.2, -0.15) is 0 Å². The summed E-state index contributed by atoms with van der Waals surface area (Å²) in [5.41, 5.74) is 1.58. The molecule has 11 heteroatoms. The number of hydrogen-bond acceptors (Lipinski definition) is 5. The minimum atomic E-state index is -1.58. The first-order valence-corrected chi connectivity index (χ1v) is 8.63. The second-order valence-corrected chi connectivity index (χ2v) is 6.95. The Labute approximate surface area is 160 Å². The highest BCUT2D eigenvalue weighted by Crippen LogP contribution is 2.31. The fourth-order valence-electron chi connectivity index (χ4n) is 2.13. The van der Waals surface area contributed by atoms with Crippen LogP contribution in [0.5, 0.6) is 0 Å². The number of aromatic nitrogens is 2. The van der Waals surface area contributed by atoms with Gasteiger partial charge in [0.1, 0.15) is 5.69 Å². The zero-order valence-electron chi connectivity index (χ0n) is 13.0. The first-order valence-electron chi connectivity index (χ1n) is 7.06. The van der Waals surface area contributed by atoms with Crippen molar-refractivity contribution in [2.24, 2.45) is 0 Å². The molecule has 3 rings (SSSR count). The fourth-order valence-corrected chi connectivity index (χ4v) is 3.44. The summed E-state index contributed by atoms with van der Waals surface area (Å²) < 4.78 is 0.648. The number of carbonyl (C=O) groups is 3. The molecule has 0 aliphatic carbocycles. The number of halogens is 2. The molecule has 0 unspecified atom stereocenters. The van der Waals surface area contributed by atoms with Crippen LogP contribution < -0.4 is 10.6 Å². The molecule has 0 aliphatic heterocycles. The number of benzene rings is 1. The van der Waals surface area contributed by atoms with Crippen molar-refractivity contribution in [2.75, 3.05) is 10.6 Å². The van der Waals surface area contributed by atoms with E-state index in [0.29, 0.717) is 26.7 Å². The quantitative estimate of drug-likeness (QED) is 0.489. The second kappa shape index (κ2) is 6.94. The van der Waals surface area contributed by atoms with Crippen LogP contribution in [0.1, 0.15) is 16.2 Å². The minimum absolute atomic E-state index is 0.126. The molecule has 2 amide bonds. The molecule has 0 fully saturated rings. The van der Waals surface area contributed by atoms with Crippen LogP contribution in [0.3, 0.4) is 0 Å². The molecule has 4 N–H and O–H groups in total. The summed E-state index contributed by atoms with van der Waals surface area (Å²) in [6.07, 6.45) is 0. The number of rotatable bonds is 3. The van der Waals surface area contributed by atoms with Gasteiger partial charge in [-0.1, -0.05) is 34.5 Å². The first kappa shape index (κ1) is 18.2. The maximum atomic E-state index is 12.3. The third-order valence-electron chi connectivity index (χ3n) is 3.34. The number of fused-ring (bicyclic) bond motifs is 1. The molecule has 2 heterocycles. The number of aliphatic carboxylic acids is 1. The number of thiazole rings is 1. The second-order valence-electron chi connectivity index (χ2n) is 5.17. The Bertz CT molecular complexity index is 1060. The molecule has 0 saturated carbocycles. The van der Waals surface area contributed by atoms with Crippen molar-refractivity contribution in [1.29, 1.82) is 0 Å². The molecule has 1 aromatic carbocycles. The van der Waals surface area contributed by atoms with Crippen LogP contribution in [0, 0.1) is 6.92 Å². The van der Waals surface area contributed by atoms with Gasteiger partial charge in [-0.3, -0.25) is 14.9 Å². The predicted octanol–water partition coefficient (Wildman–Crippen LogP) is 3.52. The smallest absolute Gasteiger partial charge is 0.394 e. The van der Waals surface area contributed by atoms with Crippen molar-refractivity contribution in [3.05, 3.63) is 39.6 Å². The van der Waals surface area contributed by atoms with E-state index in [1.807, 2.05) is 0 Å². The normalized spacial score (nSPS) is 10.7. The lowest BCUT2D eigenvalue weighted by Crippen LogP contribution is -2.21. The summed E-state index contributed by atoms with van der Waals surface area (Å²) in [5, 5.41) is 14.2. The largest absolute Gasteiger partial charge is 0.474 e. The van der Waals surface area contributed by atoms with Gasteiger partial charge < -0.3 is 15.4 Å². The van der Waals surface area contributed by atoms with E-state index in [4.69, 9.17) is 28.3 Å². The fraction of sp³-hybridized carbons (Fsp3) is 0.0667. The van der Waals surface area contributed by atoms with E-state index < -0.39 is 17.8 Å². The summed E-state index contributed by atoms with van der Waals surface area (Å²) in [6, 6.07) is 4.67. The highest BCUT2D eigenvalue weighted by Gasteiger charge is 2.19. The van der Waals surface area contributed by atoms with Gasteiger partial charge in [0.05, 0.1) is 20.3 Å². The number of aromatic amines is 1. The van der Waals surface area contributed by atoms with Crippen LogP contribution in [-0.2, 0) is 9.59 Å². The number of H-pyrrole nitrogens is 1. The van der Waals surface area contributed by atoms with Gasteiger partial charge >= 0.3 is 11.9 Å². The number of carboxylic acids is 1. The number of carbonyl (C=O) groups excluding carboxylic acids is 2. The monoisotopic (exact) mass is 412 g/mol. The standard InChI is InChI=1S/C15H10Cl2N4O4S/c1-5-9(16)10(17)11(18-5)12(22)21-15-20-7-3-2-6(4-8(7)26-15)19-13(23)14(24)25/h2-4,18H,1H3,(H,19,23)(H,24,25)(H,20,21,22). The molecule has 0 spiro atoms. The number of nitrogens with one attached hydrogen (secondary N) is 3. The molecule has 3 aromatic rings. The average Bonchev–Trinajstić information content (AvgIpc) is 3.09. The van der Waals surface area contributed by atoms with E-state index in [1.165, 1.54) is 6.07 Å². The Balaban J connectivity index is 1.82. The Hall–Kier alpha value is -2.62. The molecule has 0 radical (unpaired) electrons. The van der Waals surface area contributed by atoms with E-state index in [0.717, 1.165) is 11.3 Å². The van der Waals surface area contributed by atoms with Crippen LogP contribution in [0.25, 0.3) is 10.2 Å². The van der Waals surface area contributed by atoms with Crippen LogP contribution in [0.4, 0.5) is 10.8 Å². The molecule has 26 heavy (non-hydrogen) atoms. The van der Waals surface area contributed by atoms with Crippen molar-refractivity contribution in [1.82, 2.24) is 9.97 Å². The first-order chi connectivity index (χ1) is 12.3. The summed E-state index contributed by atoms with van der Waals surface area (Å²) in [4.78, 5) is 41.2. The number of amides is 2. The average molecular weight is 413 g/mol. The van der Waals surface area contributed by atoms with Crippen molar-refractivity contribution < 1.29 is 19.5 Å². The summed E-state index contributed by atoms with van der Waals surface area (Å²) in [7, 11) is 0. The number of nitrogens with zero attached hydrogens (tertiary/aromatic N) is 1. The van der Waals surface area contributed by atoms with Crippen LogP contribution in [0.15, 0.2) is 18.2 Å². The van der Waals surface area contributed by atoms with E-state index in [9.17, 15) is 14.4 Å². The minimum Gasteiger partial charge on any atom is -0.474 e. The Kier molecular flexibility index (Phi) is 4.86. The SMILES string of the molecule is Cc1[nH]c(C(=O)Nc2nc3ccc(NC(=O)C(=O)O)cc3s2)c(Cl)c1Cl. The van der Waals surface area contributed by atoms with Crippen molar-refractivity contribution in [2.45, 2.75) is 6.92 Å². The molecule has 0 aliphatic rings. The van der Waals surface area contributed by atoms with Crippen LogP contribution in [-0.4, -0.2) is 32.9 Å². The number of hydrogen-bond donors (Lipinski definition) is 4. The lowest BCUT2D eigenvalue weighted by molar-refractivity contribution is -0.147. The summed E-state index contributed by atoms with van der Waals surface area (Å²) >= 11 is 13.1. The highest BCUT2D eigenvalue weighted by molar-refractivity contribution is 7.22. The van der Waals surface area contributed by atoms with Gasteiger partial charge in [0.25, 0.3) is 5.91 Å². The van der Waals surface area contributed by atoms with Crippen molar-refractivity contribution in [3.8, 4) is 0 Å². The van der Waals surface area contributed by atoms with Gasteiger partial charge in [0.2, 0.25) is 0 Å². The molecule has 0 saturated heterocycles. The van der Waals surface area contributed by atoms with E-state index >= 15 is 0 Å². The van der Waals surface area contributed by atoms with E-state index in [2.05, 4.69) is 20.6 Å². The molecule has 0 atom stereocenters. The highest BCUT2D eigenvalue weighted by atomic mass is 35.5. The Morgan fingerprint density at radius 3 is 2.54 bits per heavy atom. The topological polar surface area (TPSA) is 124 Å². The third-order valence-corrected chi connectivity index (χ3v) is 5.22. The lowest BCUT2D eigenvalue weighted by atomic mass is 10.3. The summed E-state index contributed by atoms with van der Waals surface area (Å²) in [5.74, 6) is -3.22. The third kappa shape index (κ3) is 3.50. The number of anilines is 2. The molecule has 0 bridgehead atoms. The molecule has 2 aromatic heterocycles. The van der Waals surface area contributed by atoms with E-state index in [1.54, 1.807) is 19.1 Å². The number of carboxylic acid groups (broad SMARTS) is 1. The Morgan fingerprint density at radius 2 is 1.92 bits per heavy atom. The van der Waals surface area contributed by atoms with Gasteiger partial charge in [0.15, 0.2) is 5.13 Å².